The van der Waals surface area contributed by atoms with Crippen LogP contribution in [0.3, 0.4) is 0 Å². The van der Waals surface area contributed by atoms with Crippen LogP contribution in [0.4, 0.5) is 4.39 Å². The summed E-state index contributed by atoms with van der Waals surface area (Å²) in [6.07, 6.45) is 0. The average molecular weight is 189 g/mol. The van der Waals surface area contributed by atoms with Gasteiger partial charge in [-0.15, -0.1) is 0 Å². The molecule has 48 valence electrons. The molecule has 0 fully saturated rings. The Morgan fingerprint density at radius 3 is 2.67 bits per heavy atom. The monoisotopic (exact) mass is 188 g/mol. The second kappa shape index (κ2) is 2.97. The topological polar surface area (TPSA) is 0 Å². The van der Waals surface area contributed by atoms with Crippen molar-refractivity contribution in [1.29, 1.82) is 0 Å². The van der Waals surface area contributed by atoms with E-state index in [1.807, 2.05) is 12.1 Å². The molecule has 0 amide bonds. The second-order valence-corrected chi connectivity index (χ2v) is 2.68. The summed E-state index contributed by atoms with van der Waals surface area (Å²) in [6.45, 7) is -0.389. The summed E-state index contributed by atoms with van der Waals surface area (Å²) in [5.41, 5.74) is 0.712. The molecule has 0 saturated carbocycles. The molecule has 0 bridgehead atoms. The molecular formula is C7H6BrF. The summed E-state index contributed by atoms with van der Waals surface area (Å²) in [5.74, 6) is 0. The largest absolute Gasteiger partial charge is 0.246 e. The molecule has 0 aromatic heterocycles. The van der Waals surface area contributed by atoms with Gasteiger partial charge >= 0.3 is 0 Å². The van der Waals surface area contributed by atoms with E-state index < -0.39 is 0 Å². The van der Waals surface area contributed by atoms with E-state index in [-0.39, 0.29) is 6.67 Å². The van der Waals surface area contributed by atoms with Gasteiger partial charge < -0.3 is 0 Å². The fourth-order valence-corrected chi connectivity index (χ4v) is 1.07. The Hall–Kier alpha value is -0.370. The van der Waals surface area contributed by atoms with Crippen LogP contribution < -0.4 is 0 Å². The minimum absolute atomic E-state index is 0.389. The zero-order valence-corrected chi connectivity index (χ0v) is 6.36. The fourth-order valence-electron chi connectivity index (χ4n) is 0.620. The first-order valence-electron chi connectivity index (χ1n) is 2.63. The number of hydrogen-bond donors (Lipinski definition) is 0. The van der Waals surface area contributed by atoms with Crippen LogP contribution in [0, 0.1) is 0 Å². The highest BCUT2D eigenvalue weighted by Crippen LogP contribution is 2.11. The van der Waals surface area contributed by atoms with Crippen molar-refractivity contribution >= 4 is 15.9 Å². The van der Waals surface area contributed by atoms with Gasteiger partial charge in [-0.05, 0) is 17.7 Å². The molecule has 1 aromatic rings. The summed E-state index contributed by atoms with van der Waals surface area (Å²) in [6, 6.07) is 7.21. The molecule has 9 heavy (non-hydrogen) atoms. The fraction of sp³-hybridized carbons (Fsp3) is 0.143. The summed E-state index contributed by atoms with van der Waals surface area (Å²) in [7, 11) is 0. The highest BCUT2D eigenvalue weighted by atomic mass is 79.9. The third-order valence-electron chi connectivity index (χ3n) is 1.04. The van der Waals surface area contributed by atoms with Crippen molar-refractivity contribution in [2.75, 3.05) is 0 Å². The lowest BCUT2D eigenvalue weighted by Gasteiger charge is -1.92. The average Bonchev–Trinajstić information content (AvgIpc) is 1.88. The predicted octanol–water partition coefficient (Wildman–Crippen LogP) is 2.92. The van der Waals surface area contributed by atoms with E-state index in [1.54, 1.807) is 12.1 Å². The maximum Gasteiger partial charge on any atom is 0.115 e. The number of alkyl halides is 1. The van der Waals surface area contributed by atoms with Crippen molar-refractivity contribution in [1.82, 2.24) is 0 Å². The molecule has 2 heteroatoms. The number of benzene rings is 1. The van der Waals surface area contributed by atoms with Crippen LogP contribution >= 0.6 is 15.9 Å². The minimum atomic E-state index is -0.389. The lowest BCUT2D eigenvalue weighted by Crippen LogP contribution is -1.75. The Morgan fingerprint density at radius 2 is 2.22 bits per heavy atom. The standard InChI is InChI=1S/C7H6BrF/c8-7-3-1-2-6(4-7)5-9/h1-4H,5H2. The Labute approximate surface area is 61.8 Å². The molecular weight excluding hydrogens is 183 g/mol. The van der Waals surface area contributed by atoms with Crippen molar-refractivity contribution in [3.05, 3.63) is 34.3 Å². The smallest absolute Gasteiger partial charge is 0.115 e. The maximum atomic E-state index is 11.9. The van der Waals surface area contributed by atoms with E-state index in [0.717, 1.165) is 4.47 Å². The van der Waals surface area contributed by atoms with Crippen molar-refractivity contribution in [2.24, 2.45) is 0 Å². The molecule has 0 aliphatic rings. The normalized spacial score (nSPS) is 9.56. The SMILES string of the molecule is FCc1cccc(Br)c1. The molecule has 0 saturated heterocycles. The van der Waals surface area contributed by atoms with Gasteiger partial charge in [0.25, 0.3) is 0 Å². The number of hydrogen-bond acceptors (Lipinski definition) is 0. The van der Waals surface area contributed by atoms with Crippen molar-refractivity contribution in [3.8, 4) is 0 Å². The quantitative estimate of drug-likeness (QED) is 0.637. The molecule has 0 N–H and O–H groups in total. The van der Waals surface area contributed by atoms with Gasteiger partial charge in [0.15, 0.2) is 0 Å². The number of halogens is 2. The summed E-state index contributed by atoms with van der Waals surface area (Å²) in [4.78, 5) is 0. The van der Waals surface area contributed by atoms with Gasteiger partial charge in [0.2, 0.25) is 0 Å². The van der Waals surface area contributed by atoms with Crippen LogP contribution in [0.15, 0.2) is 28.7 Å². The van der Waals surface area contributed by atoms with Gasteiger partial charge in [-0.1, -0.05) is 28.1 Å². The third kappa shape index (κ3) is 1.79. The van der Waals surface area contributed by atoms with E-state index in [1.165, 1.54) is 0 Å². The molecule has 0 unspecified atom stereocenters. The van der Waals surface area contributed by atoms with E-state index >= 15 is 0 Å². The third-order valence-corrected chi connectivity index (χ3v) is 1.54. The van der Waals surface area contributed by atoms with E-state index in [4.69, 9.17) is 0 Å². The molecule has 0 radical (unpaired) electrons. The molecule has 1 aromatic carbocycles. The Bertz CT molecular complexity index is 198. The van der Waals surface area contributed by atoms with E-state index in [0.29, 0.717) is 5.56 Å². The molecule has 1 rings (SSSR count). The van der Waals surface area contributed by atoms with Gasteiger partial charge in [-0.3, -0.25) is 0 Å². The Balaban J connectivity index is 2.94. The van der Waals surface area contributed by atoms with Gasteiger partial charge in [0.1, 0.15) is 6.67 Å². The Morgan fingerprint density at radius 1 is 1.44 bits per heavy atom. The highest BCUT2D eigenvalue weighted by molar-refractivity contribution is 9.10. The number of rotatable bonds is 1. The van der Waals surface area contributed by atoms with Crippen molar-refractivity contribution < 1.29 is 4.39 Å². The summed E-state index contributed by atoms with van der Waals surface area (Å²) >= 11 is 3.24. The lowest BCUT2D eigenvalue weighted by molar-refractivity contribution is 0.485. The second-order valence-electron chi connectivity index (χ2n) is 1.76. The van der Waals surface area contributed by atoms with Gasteiger partial charge in [0.05, 0.1) is 0 Å². The summed E-state index contributed by atoms with van der Waals surface area (Å²) < 4.78 is 12.8. The van der Waals surface area contributed by atoms with E-state index in [2.05, 4.69) is 15.9 Å². The molecule has 0 atom stereocenters. The van der Waals surface area contributed by atoms with Crippen LogP contribution in [0.2, 0.25) is 0 Å². The van der Waals surface area contributed by atoms with E-state index in [9.17, 15) is 4.39 Å². The first-order valence-corrected chi connectivity index (χ1v) is 3.42. The van der Waals surface area contributed by atoms with Crippen molar-refractivity contribution in [2.45, 2.75) is 6.67 Å². The van der Waals surface area contributed by atoms with Gasteiger partial charge in [-0.2, -0.15) is 0 Å². The van der Waals surface area contributed by atoms with Crippen molar-refractivity contribution in [3.63, 3.8) is 0 Å². The molecule has 0 spiro atoms. The van der Waals surface area contributed by atoms with Gasteiger partial charge in [-0.25, -0.2) is 4.39 Å². The molecule has 0 heterocycles. The first kappa shape index (κ1) is 6.75. The minimum Gasteiger partial charge on any atom is -0.246 e. The molecule has 0 nitrogen and oxygen atoms in total. The first-order chi connectivity index (χ1) is 4.33. The summed E-state index contributed by atoms with van der Waals surface area (Å²) in [5, 5.41) is 0. The maximum absolute atomic E-state index is 11.9. The van der Waals surface area contributed by atoms with Crippen LogP contribution in [-0.2, 0) is 6.67 Å². The van der Waals surface area contributed by atoms with Crippen LogP contribution in [0.25, 0.3) is 0 Å². The predicted molar refractivity (Wildman–Crippen MR) is 39.0 cm³/mol. The van der Waals surface area contributed by atoms with Gasteiger partial charge in [0, 0.05) is 4.47 Å². The zero-order chi connectivity index (χ0) is 6.69. The lowest BCUT2D eigenvalue weighted by atomic mass is 10.2. The molecule has 0 aliphatic carbocycles. The molecule has 0 aliphatic heterocycles. The zero-order valence-electron chi connectivity index (χ0n) is 4.77. The Kier molecular flexibility index (Phi) is 2.22. The van der Waals surface area contributed by atoms with Crippen LogP contribution in [-0.4, -0.2) is 0 Å². The van der Waals surface area contributed by atoms with Crippen LogP contribution in [0.5, 0.6) is 0 Å². The van der Waals surface area contributed by atoms with Crippen LogP contribution in [0.1, 0.15) is 5.56 Å². The highest BCUT2D eigenvalue weighted by Gasteiger charge is 1.89.